The van der Waals surface area contributed by atoms with Crippen molar-refractivity contribution in [1.82, 2.24) is 4.90 Å². The Morgan fingerprint density at radius 3 is 2.23 bits per heavy atom. The third-order valence-electron chi connectivity index (χ3n) is 4.65. The average molecular weight is 347 g/mol. The van der Waals surface area contributed by atoms with Crippen LogP contribution in [0.25, 0.3) is 0 Å². The van der Waals surface area contributed by atoms with Crippen LogP contribution in [0.5, 0.6) is 17.2 Å². The van der Waals surface area contributed by atoms with Crippen LogP contribution < -0.4 is 9.47 Å². The van der Waals surface area contributed by atoms with Crippen molar-refractivity contribution in [3.8, 4) is 17.2 Å². The minimum Gasteiger partial charge on any atom is -0.507 e. The largest absolute Gasteiger partial charge is 0.507 e. The number of aromatic hydroxyl groups is 1. The van der Waals surface area contributed by atoms with Crippen molar-refractivity contribution in [3.05, 3.63) is 89.5 Å². The first-order valence-electron chi connectivity index (χ1n) is 8.64. The predicted molar refractivity (Wildman–Crippen MR) is 100 cm³/mol. The van der Waals surface area contributed by atoms with Crippen molar-refractivity contribution in [2.24, 2.45) is 0 Å². The van der Waals surface area contributed by atoms with Gasteiger partial charge in [-0.15, -0.1) is 0 Å². The summed E-state index contributed by atoms with van der Waals surface area (Å²) in [6.45, 7) is 0.947. The molecule has 1 aliphatic heterocycles. The molecule has 1 heterocycles. The van der Waals surface area contributed by atoms with Gasteiger partial charge in [0.15, 0.2) is 11.5 Å². The van der Waals surface area contributed by atoms with Crippen molar-refractivity contribution >= 4 is 0 Å². The molecule has 0 aliphatic carbocycles. The molecule has 0 unspecified atom stereocenters. The van der Waals surface area contributed by atoms with E-state index in [2.05, 4.69) is 36.2 Å². The standard InChI is InChI=1S/C22H21NO3/c1-23(14-16-8-4-2-5-9-16)22(17-10-6-3-7-11-17)18-12-20-21(13-19(18)24)26-15-25-20/h2-13,22,24H,14-15H2,1H3/t22-/m1/s1. The van der Waals surface area contributed by atoms with E-state index in [9.17, 15) is 5.11 Å². The highest BCUT2D eigenvalue weighted by Crippen LogP contribution is 2.43. The van der Waals surface area contributed by atoms with E-state index in [1.54, 1.807) is 6.07 Å². The van der Waals surface area contributed by atoms with E-state index in [0.717, 1.165) is 17.7 Å². The Morgan fingerprint density at radius 1 is 0.923 bits per heavy atom. The number of fused-ring (bicyclic) bond motifs is 1. The molecule has 1 N–H and O–H groups in total. The van der Waals surface area contributed by atoms with Gasteiger partial charge in [0.25, 0.3) is 0 Å². The second-order valence-corrected chi connectivity index (χ2v) is 6.48. The Labute approximate surface area is 153 Å². The van der Waals surface area contributed by atoms with E-state index < -0.39 is 0 Å². The molecule has 0 fully saturated rings. The summed E-state index contributed by atoms with van der Waals surface area (Å²) in [4.78, 5) is 2.22. The van der Waals surface area contributed by atoms with E-state index in [-0.39, 0.29) is 18.6 Å². The van der Waals surface area contributed by atoms with Crippen LogP contribution in [0.4, 0.5) is 0 Å². The van der Waals surface area contributed by atoms with Gasteiger partial charge in [-0.2, -0.15) is 0 Å². The quantitative estimate of drug-likeness (QED) is 0.745. The third kappa shape index (κ3) is 3.24. The summed E-state index contributed by atoms with van der Waals surface area (Å²) < 4.78 is 10.9. The lowest BCUT2D eigenvalue weighted by Crippen LogP contribution is -2.25. The van der Waals surface area contributed by atoms with Crippen LogP contribution >= 0.6 is 0 Å². The lowest BCUT2D eigenvalue weighted by atomic mass is 9.95. The SMILES string of the molecule is CN(Cc1ccccc1)[C@H](c1ccccc1)c1cc2c(cc1O)OCO2. The third-order valence-corrected chi connectivity index (χ3v) is 4.65. The van der Waals surface area contributed by atoms with Gasteiger partial charge in [0, 0.05) is 18.2 Å². The highest BCUT2D eigenvalue weighted by atomic mass is 16.7. The highest BCUT2D eigenvalue weighted by molar-refractivity contribution is 5.54. The molecule has 0 saturated heterocycles. The summed E-state index contributed by atoms with van der Waals surface area (Å²) >= 11 is 0. The van der Waals surface area contributed by atoms with Gasteiger partial charge in [-0.05, 0) is 24.2 Å². The fraction of sp³-hybridized carbons (Fsp3) is 0.182. The Morgan fingerprint density at radius 2 is 1.54 bits per heavy atom. The summed E-state index contributed by atoms with van der Waals surface area (Å²) in [5, 5.41) is 10.7. The maximum atomic E-state index is 10.7. The van der Waals surface area contributed by atoms with E-state index in [1.807, 2.05) is 42.5 Å². The summed E-state index contributed by atoms with van der Waals surface area (Å²) in [7, 11) is 2.06. The van der Waals surface area contributed by atoms with Gasteiger partial charge < -0.3 is 14.6 Å². The summed E-state index contributed by atoms with van der Waals surface area (Å²) in [5.41, 5.74) is 3.13. The first kappa shape index (κ1) is 16.5. The van der Waals surface area contributed by atoms with Crippen LogP contribution in [0.2, 0.25) is 0 Å². The van der Waals surface area contributed by atoms with Crippen molar-refractivity contribution < 1.29 is 14.6 Å². The van der Waals surface area contributed by atoms with Gasteiger partial charge in [-0.25, -0.2) is 0 Å². The van der Waals surface area contributed by atoms with Gasteiger partial charge in [0.1, 0.15) is 5.75 Å². The molecule has 0 radical (unpaired) electrons. The predicted octanol–water partition coefficient (Wildman–Crippen LogP) is 4.34. The van der Waals surface area contributed by atoms with Crippen LogP contribution in [0.1, 0.15) is 22.7 Å². The van der Waals surface area contributed by atoms with Gasteiger partial charge >= 0.3 is 0 Å². The smallest absolute Gasteiger partial charge is 0.231 e. The number of phenolic OH excluding ortho intramolecular Hbond substituents is 1. The molecule has 3 aromatic carbocycles. The Balaban J connectivity index is 1.74. The van der Waals surface area contributed by atoms with Gasteiger partial charge in [0.2, 0.25) is 6.79 Å². The van der Waals surface area contributed by atoms with E-state index in [1.165, 1.54) is 5.56 Å². The average Bonchev–Trinajstić information content (AvgIpc) is 3.11. The molecule has 4 rings (SSSR count). The molecule has 26 heavy (non-hydrogen) atoms. The van der Waals surface area contributed by atoms with E-state index in [0.29, 0.717) is 11.5 Å². The molecule has 4 heteroatoms. The lowest BCUT2D eigenvalue weighted by Gasteiger charge is -2.29. The van der Waals surface area contributed by atoms with Crippen molar-refractivity contribution in [2.45, 2.75) is 12.6 Å². The molecule has 132 valence electrons. The first-order valence-corrected chi connectivity index (χ1v) is 8.64. The maximum absolute atomic E-state index is 10.7. The normalized spacial score (nSPS) is 13.8. The Bertz CT molecular complexity index is 881. The summed E-state index contributed by atoms with van der Waals surface area (Å²) in [5.74, 6) is 1.47. The second-order valence-electron chi connectivity index (χ2n) is 6.48. The molecule has 0 spiro atoms. The van der Waals surface area contributed by atoms with Crippen molar-refractivity contribution in [1.29, 1.82) is 0 Å². The minimum atomic E-state index is -0.106. The molecular weight excluding hydrogens is 326 g/mol. The van der Waals surface area contributed by atoms with Gasteiger partial charge in [0.05, 0.1) is 6.04 Å². The fourth-order valence-corrected chi connectivity index (χ4v) is 3.44. The van der Waals surface area contributed by atoms with Crippen LogP contribution in [0.15, 0.2) is 72.8 Å². The molecule has 0 aromatic heterocycles. The van der Waals surface area contributed by atoms with Crippen LogP contribution in [-0.4, -0.2) is 23.8 Å². The number of hydrogen-bond acceptors (Lipinski definition) is 4. The van der Waals surface area contributed by atoms with Gasteiger partial charge in [-0.1, -0.05) is 60.7 Å². The molecule has 0 saturated carbocycles. The van der Waals surface area contributed by atoms with Crippen molar-refractivity contribution in [3.63, 3.8) is 0 Å². The highest BCUT2D eigenvalue weighted by Gasteiger charge is 2.26. The molecular formula is C22H21NO3. The maximum Gasteiger partial charge on any atom is 0.231 e. The van der Waals surface area contributed by atoms with Crippen LogP contribution in [0.3, 0.4) is 0 Å². The number of hydrogen-bond donors (Lipinski definition) is 1. The molecule has 3 aromatic rings. The van der Waals surface area contributed by atoms with Crippen molar-refractivity contribution in [2.75, 3.05) is 13.8 Å². The minimum absolute atomic E-state index is 0.106. The number of ether oxygens (including phenoxy) is 2. The zero-order chi connectivity index (χ0) is 17.9. The molecule has 0 amide bonds. The second kappa shape index (κ2) is 7.10. The topological polar surface area (TPSA) is 41.9 Å². The zero-order valence-electron chi connectivity index (χ0n) is 14.6. The number of benzene rings is 3. The molecule has 0 bridgehead atoms. The number of nitrogens with zero attached hydrogens (tertiary/aromatic N) is 1. The van der Waals surface area contributed by atoms with Gasteiger partial charge in [-0.3, -0.25) is 4.90 Å². The zero-order valence-corrected chi connectivity index (χ0v) is 14.6. The first-order chi connectivity index (χ1) is 12.7. The van der Waals surface area contributed by atoms with E-state index in [4.69, 9.17) is 9.47 Å². The summed E-state index contributed by atoms with van der Waals surface area (Å²) in [6.07, 6.45) is 0. The number of rotatable bonds is 5. The molecule has 4 nitrogen and oxygen atoms in total. The number of phenols is 1. The Kier molecular flexibility index (Phi) is 4.50. The monoisotopic (exact) mass is 347 g/mol. The Hall–Kier alpha value is -2.98. The molecule has 1 atom stereocenters. The molecule has 1 aliphatic rings. The fourth-order valence-electron chi connectivity index (χ4n) is 3.44. The van der Waals surface area contributed by atoms with Crippen LogP contribution in [0, 0.1) is 0 Å². The van der Waals surface area contributed by atoms with E-state index >= 15 is 0 Å². The summed E-state index contributed by atoms with van der Waals surface area (Å²) in [6, 6.07) is 23.9. The van der Waals surface area contributed by atoms with Crippen LogP contribution in [-0.2, 0) is 6.54 Å². The lowest BCUT2D eigenvalue weighted by molar-refractivity contribution is 0.173.